The maximum atomic E-state index is 11.5. The van der Waals surface area contributed by atoms with E-state index in [4.69, 9.17) is 0 Å². The highest BCUT2D eigenvalue weighted by Crippen LogP contribution is 2.30. The molecule has 1 aliphatic rings. The molecule has 156 valence electrons. The van der Waals surface area contributed by atoms with Gasteiger partial charge in [0.25, 0.3) is 5.69 Å². The van der Waals surface area contributed by atoms with Crippen LogP contribution in [-0.2, 0) is 0 Å². The van der Waals surface area contributed by atoms with Crippen LogP contribution in [0.1, 0.15) is 45.3 Å². The molecule has 8 heteroatoms. The van der Waals surface area contributed by atoms with E-state index < -0.39 is 4.92 Å². The molecule has 1 saturated heterocycles. The zero-order valence-corrected chi connectivity index (χ0v) is 17.9. The molecule has 0 atom stereocenters. The van der Waals surface area contributed by atoms with E-state index in [1.165, 1.54) is 0 Å². The molecule has 0 bridgehead atoms. The highest BCUT2D eigenvalue weighted by Gasteiger charge is 2.28. The van der Waals surface area contributed by atoms with Gasteiger partial charge >= 0.3 is 0 Å². The molecule has 29 heavy (non-hydrogen) atoms. The van der Waals surface area contributed by atoms with Crippen LogP contribution in [0.2, 0.25) is 0 Å². The van der Waals surface area contributed by atoms with Gasteiger partial charge in [0, 0.05) is 68.5 Å². The lowest BCUT2D eigenvalue weighted by Gasteiger charge is -2.40. The van der Waals surface area contributed by atoms with Gasteiger partial charge in [0.1, 0.15) is 5.69 Å². The SMILES string of the molecule is CN(C)C=Cc1ncc(-c2cnn(C3CCN(C(C)(C)C)CC3)c2)cc1[N+](=O)[O-]. The molecule has 3 heterocycles. The first-order chi connectivity index (χ1) is 13.6. The fraction of sp³-hybridized carbons (Fsp3) is 0.524. The number of pyridine rings is 1. The summed E-state index contributed by atoms with van der Waals surface area (Å²) in [6.45, 7) is 8.83. The minimum absolute atomic E-state index is 0.00756. The smallest absolute Gasteiger partial charge is 0.295 e. The van der Waals surface area contributed by atoms with Crippen LogP contribution >= 0.6 is 0 Å². The van der Waals surface area contributed by atoms with Crippen LogP contribution in [-0.4, -0.2) is 62.2 Å². The quantitative estimate of drug-likeness (QED) is 0.563. The van der Waals surface area contributed by atoms with E-state index in [-0.39, 0.29) is 11.2 Å². The molecular formula is C21H30N6O2. The molecule has 1 fully saturated rings. The van der Waals surface area contributed by atoms with Gasteiger partial charge in [-0.1, -0.05) is 0 Å². The molecule has 1 aliphatic heterocycles. The summed E-state index contributed by atoms with van der Waals surface area (Å²) in [5, 5.41) is 16.0. The van der Waals surface area contributed by atoms with E-state index in [0.717, 1.165) is 31.5 Å². The highest BCUT2D eigenvalue weighted by molar-refractivity contribution is 5.68. The molecule has 0 aromatic carbocycles. The van der Waals surface area contributed by atoms with E-state index in [0.29, 0.717) is 17.3 Å². The van der Waals surface area contributed by atoms with Crippen LogP contribution in [0.25, 0.3) is 17.2 Å². The third kappa shape index (κ3) is 5.00. The summed E-state index contributed by atoms with van der Waals surface area (Å²) in [5.74, 6) is 0. The lowest BCUT2D eigenvalue weighted by molar-refractivity contribution is -0.385. The number of piperidine rings is 1. The normalized spacial score (nSPS) is 16.4. The van der Waals surface area contributed by atoms with Crippen molar-refractivity contribution in [2.75, 3.05) is 27.2 Å². The third-order valence-corrected chi connectivity index (χ3v) is 5.35. The van der Waals surface area contributed by atoms with Crippen molar-refractivity contribution in [3.05, 3.63) is 46.7 Å². The predicted molar refractivity (Wildman–Crippen MR) is 114 cm³/mol. The van der Waals surface area contributed by atoms with Crippen LogP contribution in [0.15, 0.2) is 30.9 Å². The Kier molecular flexibility index (Phi) is 6.02. The predicted octanol–water partition coefficient (Wildman–Crippen LogP) is 3.82. The van der Waals surface area contributed by atoms with Crippen molar-refractivity contribution in [1.29, 1.82) is 0 Å². The largest absolute Gasteiger partial charge is 0.383 e. The summed E-state index contributed by atoms with van der Waals surface area (Å²) >= 11 is 0. The fourth-order valence-corrected chi connectivity index (χ4v) is 3.60. The Morgan fingerprint density at radius 1 is 1.21 bits per heavy atom. The number of likely N-dealkylation sites (tertiary alicyclic amines) is 1. The molecular weight excluding hydrogens is 368 g/mol. The molecule has 2 aromatic rings. The van der Waals surface area contributed by atoms with Crippen LogP contribution in [0, 0.1) is 10.1 Å². The molecule has 0 spiro atoms. The summed E-state index contributed by atoms with van der Waals surface area (Å²) in [6, 6.07) is 1.93. The Morgan fingerprint density at radius 2 is 1.90 bits per heavy atom. The van der Waals surface area contributed by atoms with Crippen LogP contribution < -0.4 is 0 Å². The number of nitrogens with zero attached hydrogens (tertiary/aromatic N) is 6. The van der Waals surface area contributed by atoms with E-state index >= 15 is 0 Å². The molecule has 0 aliphatic carbocycles. The lowest BCUT2D eigenvalue weighted by Crippen LogP contribution is -2.46. The first kappa shape index (κ1) is 21.0. The third-order valence-electron chi connectivity index (χ3n) is 5.35. The van der Waals surface area contributed by atoms with Crippen molar-refractivity contribution in [2.24, 2.45) is 0 Å². The molecule has 3 rings (SSSR count). The highest BCUT2D eigenvalue weighted by atomic mass is 16.6. The van der Waals surface area contributed by atoms with Gasteiger partial charge in [-0.2, -0.15) is 5.10 Å². The van der Waals surface area contributed by atoms with Crippen LogP contribution in [0.5, 0.6) is 0 Å². The maximum Gasteiger partial charge on any atom is 0.295 e. The van der Waals surface area contributed by atoms with Gasteiger partial charge in [-0.05, 0) is 39.7 Å². The van der Waals surface area contributed by atoms with Gasteiger partial charge in [-0.15, -0.1) is 0 Å². The van der Waals surface area contributed by atoms with Crippen molar-refractivity contribution >= 4 is 11.8 Å². The summed E-state index contributed by atoms with van der Waals surface area (Å²) < 4.78 is 2.00. The average Bonchev–Trinajstić information content (AvgIpc) is 3.15. The van der Waals surface area contributed by atoms with E-state index in [1.807, 2.05) is 29.9 Å². The maximum absolute atomic E-state index is 11.5. The lowest BCUT2D eigenvalue weighted by atomic mass is 9.98. The number of hydrogen-bond donors (Lipinski definition) is 0. The second-order valence-corrected chi connectivity index (χ2v) is 8.76. The molecule has 0 N–H and O–H groups in total. The molecule has 0 amide bonds. The Balaban J connectivity index is 1.78. The summed E-state index contributed by atoms with van der Waals surface area (Å²) in [5.41, 5.74) is 2.08. The van der Waals surface area contributed by atoms with Crippen molar-refractivity contribution in [1.82, 2.24) is 24.6 Å². The molecule has 2 aromatic heterocycles. The van der Waals surface area contributed by atoms with Gasteiger partial charge in [-0.25, -0.2) is 4.98 Å². The second kappa shape index (κ2) is 8.32. The Labute approximate surface area is 172 Å². The number of aromatic nitrogens is 3. The zero-order chi connectivity index (χ0) is 21.2. The number of hydrogen-bond acceptors (Lipinski definition) is 6. The average molecular weight is 399 g/mol. The van der Waals surface area contributed by atoms with E-state index in [2.05, 4.69) is 35.8 Å². The topological polar surface area (TPSA) is 80.3 Å². The molecule has 0 unspecified atom stereocenters. The molecule has 8 nitrogen and oxygen atoms in total. The minimum Gasteiger partial charge on any atom is -0.383 e. The summed E-state index contributed by atoms with van der Waals surface area (Å²) in [6.07, 6.45) is 10.9. The van der Waals surface area contributed by atoms with Crippen molar-refractivity contribution in [3.8, 4) is 11.1 Å². The zero-order valence-electron chi connectivity index (χ0n) is 17.9. The number of rotatable bonds is 5. The van der Waals surface area contributed by atoms with Crippen molar-refractivity contribution in [3.63, 3.8) is 0 Å². The van der Waals surface area contributed by atoms with Gasteiger partial charge in [0.05, 0.1) is 17.2 Å². The Morgan fingerprint density at radius 3 is 2.48 bits per heavy atom. The van der Waals surface area contributed by atoms with Gasteiger partial charge in [0.2, 0.25) is 0 Å². The van der Waals surface area contributed by atoms with Gasteiger partial charge in [-0.3, -0.25) is 19.7 Å². The second-order valence-electron chi connectivity index (χ2n) is 8.76. The van der Waals surface area contributed by atoms with Crippen LogP contribution in [0.3, 0.4) is 0 Å². The van der Waals surface area contributed by atoms with Crippen molar-refractivity contribution < 1.29 is 4.92 Å². The fourth-order valence-electron chi connectivity index (χ4n) is 3.60. The first-order valence-electron chi connectivity index (χ1n) is 9.94. The van der Waals surface area contributed by atoms with Crippen molar-refractivity contribution in [2.45, 2.75) is 45.2 Å². The molecule has 0 radical (unpaired) electrons. The standard InChI is InChI=1S/C21H30N6O2/c1-21(2,3)25-10-6-18(7-11-25)26-15-17(14-23-26)16-12-20(27(28)29)19(22-13-16)8-9-24(4)5/h8-9,12-15,18H,6-7,10-11H2,1-5H3. The Bertz CT molecular complexity index is 889. The molecule has 0 saturated carbocycles. The summed E-state index contributed by atoms with van der Waals surface area (Å²) in [4.78, 5) is 19.7. The Hall–Kier alpha value is -2.74. The van der Waals surface area contributed by atoms with Gasteiger partial charge in [0.15, 0.2) is 0 Å². The van der Waals surface area contributed by atoms with Crippen LogP contribution in [0.4, 0.5) is 5.69 Å². The van der Waals surface area contributed by atoms with Gasteiger partial charge < -0.3 is 4.90 Å². The number of nitro groups is 1. The first-order valence-corrected chi connectivity index (χ1v) is 9.94. The monoisotopic (exact) mass is 398 g/mol. The minimum atomic E-state index is -0.390. The summed E-state index contributed by atoms with van der Waals surface area (Å²) in [7, 11) is 3.72. The van der Waals surface area contributed by atoms with E-state index in [9.17, 15) is 10.1 Å². The van der Waals surface area contributed by atoms with E-state index in [1.54, 1.807) is 30.7 Å².